The molecule has 1 aliphatic heterocycles. The highest BCUT2D eigenvalue weighted by Gasteiger charge is 2.31. The summed E-state index contributed by atoms with van der Waals surface area (Å²) >= 11 is 0. The van der Waals surface area contributed by atoms with Crippen LogP contribution in [0.15, 0.2) is 48.5 Å². The fraction of sp³-hybridized carbons (Fsp3) is 0.238. The number of carbonyl (C=O) groups is 1. The van der Waals surface area contributed by atoms with Crippen molar-refractivity contribution in [3.8, 4) is 17.1 Å². The number of carbonyl (C=O) groups excluding carboxylic acids is 1. The number of amides is 1. The second-order valence-corrected chi connectivity index (χ2v) is 7.33. The first-order valence-electron chi connectivity index (χ1n) is 9.93. The van der Waals surface area contributed by atoms with Gasteiger partial charge in [-0.3, -0.25) is 4.79 Å². The van der Waals surface area contributed by atoms with Crippen LogP contribution in [0, 0.1) is 0 Å². The monoisotopic (exact) mass is 442 g/mol. The summed E-state index contributed by atoms with van der Waals surface area (Å²) in [6, 6.07) is 12.3. The summed E-state index contributed by atoms with van der Waals surface area (Å²) < 4.78 is 43.3. The minimum Gasteiger partial charge on any atom is -0.406 e. The van der Waals surface area contributed by atoms with E-state index in [9.17, 15) is 18.0 Å². The first kappa shape index (κ1) is 20.0. The second kappa shape index (κ2) is 7.66. The normalized spacial score (nSPS) is 16.8. The minimum atomic E-state index is -4.80. The van der Waals surface area contributed by atoms with Gasteiger partial charge in [-0.2, -0.15) is 4.52 Å². The number of aromatic nitrogens is 4. The zero-order valence-corrected chi connectivity index (χ0v) is 16.6. The van der Waals surface area contributed by atoms with Gasteiger partial charge in [0.25, 0.3) is 0 Å². The molecule has 0 saturated carbocycles. The topological polar surface area (TPSA) is 93.4 Å². The second-order valence-electron chi connectivity index (χ2n) is 7.33. The summed E-state index contributed by atoms with van der Waals surface area (Å²) in [5.41, 5.74) is 1.46. The number of piperidine rings is 1. The van der Waals surface area contributed by atoms with Crippen LogP contribution in [0.1, 0.15) is 12.8 Å². The summed E-state index contributed by atoms with van der Waals surface area (Å²) in [5, 5.41) is 11.1. The van der Waals surface area contributed by atoms with Gasteiger partial charge in [0.15, 0.2) is 11.5 Å². The molecule has 3 heterocycles. The molecule has 0 aliphatic carbocycles. The fourth-order valence-electron chi connectivity index (χ4n) is 3.67. The number of benzene rings is 2. The van der Waals surface area contributed by atoms with Crippen LogP contribution < -0.4 is 15.4 Å². The van der Waals surface area contributed by atoms with Gasteiger partial charge in [0.2, 0.25) is 11.9 Å². The van der Waals surface area contributed by atoms with Crippen molar-refractivity contribution in [2.24, 2.45) is 0 Å². The third-order valence-electron chi connectivity index (χ3n) is 5.09. The summed E-state index contributed by atoms with van der Waals surface area (Å²) in [5.74, 6) is 0.0277. The lowest BCUT2D eigenvalue weighted by Gasteiger charge is -2.23. The van der Waals surface area contributed by atoms with Crippen LogP contribution in [0.2, 0.25) is 0 Å². The summed E-state index contributed by atoms with van der Waals surface area (Å²) in [7, 11) is 0. The lowest BCUT2D eigenvalue weighted by Crippen LogP contribution is -2.44. The van der Waals surface area contributed by atoms with Crippen LogP contribution in [0.5, 0.6) is 5.75 Å². The number of rotatable bonds is 4. The summed E-state index contributed by atoms with van der Waals surface area (Å²) in [6.45, 7) is 0.626. The van der Waals surface area contributed by atoms with E-state index in [0.29, 0.717) is 41.0 Å². The van der Waals surface area contributed by atoms with Crippen LogP contribution in [-0.4, -0.2) is 44.4 Å². The molecular weight excluding hydrogens is 425 g/mol. The molecule has 0 unspecified atom stereocenters. The number of nitrogens with zero attached hydrogens (tertiary/aromatic N) is 4. The number of para-hydroxylation sites is 1. The van der Waals surface area contributed by atoms with Crippen molar-refractivity contribution < 1.29 is 22.7 Å². The number of fused-ring (bicyclic) bond motifs is 3. The van der Waals surface area contributed by atoms with Crippen molar-refractivity contribution in [3.63, 3.8) is 0 Å². The standard InChI is InChI=1S/C21H17F3N6O2/c22-21(23,24)32-13-6-3-5-12(11-13)17-28-18-14-7-1-2-8-15(14)26-20(30(18)29-17)27-16-9-4-10-25-19(16)31/h1-3,5-8,11,16H,4,9-10H2,(H,25,31)(H,26,27)/t16-/m1/s1. The molecule has 1 fully saturated rings. The fourth-order valence-corrected chi connectivity index (χ4v) is 3.67. The molecule has 8 nitrogen and oxygen atoms in total. The van der Waals surface area contributed by atoms with Gasteiger partial charge in [0.05, 0.1) is 5.52 Å². The SMILES string of the molecule is O=C1NCCC[C@H]1Nc1nc2ccccc2c2nc(-c3cccc(OC(F)(F)F)c3)nn12. The highest BCUT2D eigenvalue weighted by atomic mass is 19.4. The molecule has 0 spiro atoms. The molecule has 32 heavy (non-hydrogen) atoms. The van der Waals surface area contributed by atoms with Crippen LogP contribution in [0.25, 0.3) is 27.9 Å². The summed E-state index contributed by atoms with van der Waals surface area (Å²) in [6.07, 6.45) is -3.34. The predicted octanol–water partition coefficient (Wildman–Crippen LogP) is 3.53. The van der Waals surface area contributed by atoms with Gasteiger partial charge >= 0.3 is 6.36 Å². The third kappa shape index (κ3) is 3.88. The predicted molar refractivity (Wildman–Crippen MR) is 110 cm³/mol. The van der Waals surface area contributed by atoms with E-state index in [0.717, 1.165) is 6.42 Å². The molecule has 1 amide bonds. The van der Waals surface area contributed by atoms with Gasteiger partial charge in [0.1, 0.15) is 11.8 Å². The van der Waals surface area contributed by atoms with Gasteiger partial charge in [-0.1, -0.05) is 24.3 Å². The molecule has 4 aromatic rings. The summed E-state index contributed by atoms with van der Waals surface area (Å²) in [4.78, 5) is 21.4. The smallest absolute Gasteiger partial charge is 0.406 e. The molecule has 1 atom stereocenters. The molecule has 11 heteroatoms. The Kier molecular flexibility index (Phi) is 4.80. The first-order valence-corrected chi connectivity index (χ1v) is 9.93. The zero-order chi connectivity index (χ0) is 22.3. The first-order chi connectivity index (χ1) is 15.4. The van der Waals surface area contributed by atoms with Crippen molar-refractivity contribution in [2.75, 3.05) is 11.9 Å². The van der Waals surface area contributed by atoms with Crippen LogP contribution in [0.4, 0.5) is 19.1 Å². The highest BCUT2D eigenvalue weighted by Crippen LogP contribution is 2.29. The van der Waals surface area contributed by atoms with Gasteiger partial charge in [-0.05, 0) is 37.1 Å². The maximum absolute atomic E-state index is 12.6. The maximum atomic E-state index is 12.6. The van der Waals surface area contributed by atoms with Crippen molar-refractivity contribution in [3.05, 3.63) is 48.5 Å². The van der Waals surface area contributed by atoms with Gasteiger partial charge in [-0.25, -0.2) is 9.97 Å². The Labute approximate surface area is 179 Å². The Morgan fingerprint density at radius 3 is 2.78 bits per heavy atom. The molecule has 2 aromatic carbocycles. The van der Waals surface area contributed by atoms with E-state index in [1.165, 1.54) is 22.7 Å². The Morgan fingerprint density at radius 2 is 1.97 bits per heavy atom. The number of nitrogens with one attached hydrogen (secondary N) is 2. The number of ether oxygens (including phenoxy) is 1. The lowest BCUT2D eigenvalue weighted by atomic mass is 10.1. The number of hydrogen-bond acceptors (Lipinski definition) is 6. The average Bonchev–Trinajstić information content (AvgIpc) is 3.21. The molecule has 164 valence electrons. The molecular formula is C21H17F3N6O2. The Bertz CT molecular complexity index is 1320. The van der Waals surface area contributed by atoms with E-state index in [1.807, 2.05) is 24.3 Å². The number of hydrogen-bond donors (Lipinski definition) is 2. The van der Waals surface area contributed by atoms with Crippen LogP contribution in [-0.2, 0) is 4.79 Å². The third-order valence-corrected chi connectivity index (χ3v) is 5.09. The van der Waals surface area contributed by atoms with E-state index in [-0.39, 0.29) is 17.5 Å². The Morgan fingerprint density at radius 1 is 1.12 bits per heavy atom. The Balaban J connectivity index is 1.61. The molecule has 1 aliphatic rings. The van der Waals surface area contributed by atoms with Gasteiger partial charge in [-0.15, -0.1) is 18.3 Å². The van der Waals surface area contributed by atoms with E-state index in [2.05, 4.69) is 30.4 Å². The largest absolute Gasteiger partial charge is 0.573 e. The quantitative estimate of drug-likeness (QED) is 0.502. The van der Waals surface area contributed by atoms with E-state index in [4.69, 9.17) is 0 Å². The zero-order valence-electron chi connectivity index (χ0n) is 16.6. The molecule has 2 N–H and O–H groups in total. The van der Waals surface area contributed by atoms with Crippen molar-refractivity contribution in [2.45, 2.75) is 25.2 Å². The molecule has 2 aromatic heterocycles. The van der Waals surface area contributed by atoms with Gasteiger partial charge < -0.3 is 15.4 Å². The van der Waals surface area contributed by atoms with E-state index >= 15 is 0 Å². The maximum Gasteiger partial charge on any atom is 0.573 e. The van der Waals surface area contributed by atoms with E-state index in [1.54, 1.807) is 6.07 Å². The number of anilines is 1. The molecule has 0 radical (unpaired) electrons. The van der Waals surface area contributed by atoms with Crippen molar-refractivity contribution in [1.29, 1.82) is 0 Å². The Hall–Kier alpha value is -3.89. The number of halogens is 3. The average molecular weight is 442 g/mol. The molecule has 5 rings (SSSR count). The van der Waals surface area contributed by atoms with E-state index < -0.39 is 12.4 Å². The van der Waals surface area contributed by atoms with Crippen molar-refractivity contribution in [1.82, 2.24) is 24.9 Å². The molecule has 0 bridgehead atoms. The van der Waals surface area contributed by atoms with Crippen LogP contribution >= 0.6 is 0 Å². The van der Waals surface area contributed by atoms with Crippen LogP contribution in [0.3, 0.4) is 0 Å². The number of alkyl halides is 3. The van der Waals surface area contributed by atoms with Crippen molar-refractivity contribution >= 4 is 28.4 Å². The molecule has 1 saturated heterocycles. The van der Waals surface area contributed by atoms with Gasteiger partial charge in [0, 0.05) is 17.5 Å². The minimum absolute atomic E-state index is 0.128. The lowest BCUT2D eigenvalue weighted by molar-refractivity contribution is -0.274. The highest BCUT2D eigenvalue weighted by molar-refractivity contribution is 5.93.